The van der Waals surface area contributed by atoms with Gasteiger partial charge in [0.25, 0.3) is 0 Å². The molecule has 0 saturated carbocycles. The number of aromatic nitrogens is 3. The van der Waals surface area contributed by atoms with Crippen molar-refractivity contribution in [3.63, 3.8) is 0 Å². The average Bonchev–Trinajstić information content (AvgIpc) is 2.84. The van der Waals surface area contributed by atoms with Crippen LogP contribution in [0, 0.1) is 0 Å². The van der Waals surface area contributed by atoms with E-state index in [0.717, 1.165) is 6.42 Å². The van der Waals surface area contributed by atoms with E-state index in [-0.39, 0.29) is 21.6 Å². The maximum atomic E-state index is 12.4. The van der Waals surface area contributed by atoms with E-state index >= 15 is 0 Å². The number of rotatable bonds is 6. The number of benzene rings is 1. The minimum Gasteiger partial charge on any atom is -0.323 e. The Morgan fingerprint density at radius 3 is 2.58 bits per heavy atom. The van der Waals surface area contributed by atoms with Gasteiger partial charge in [-0.3, -0.25) is 9.36 Å². The summed E-state index contributed by atoms with van der Waals surface area (Å²) in [4.78, 5) is 24.1. The van der Waals surface area contributed by atoms with E-state index in [2.05, 4.69) is 15.5 Å². The first-order valence-corrected chi connectivity index (χ1v) is 9.12. The van der Waals surface area contributed by atoms with E-state index in [1.165, 1.54) is 28.5 Å². The molecule has 0 aliphatic heterocycles. The van der Waals surface area contributed by atoms with Crippen molar-refractivity contribution in [3.8, 4) is 0 Å². The molecule has 1 heterocycles. The summed E-state index contributed by atoms with van der Waals surface area (Å²) >= 11 is 19.1. The van der Waals surface area contributed by atoms with Gasteiger partial charge in [0.05, 0.1) is 21.0 Å². The van der Waals surface area contributed by atoms with Crippen LogP contribution in [-0.4, -0.2) is 25.9 Å². The molecule has 1 aromatic carbocycles. The number of carbonyl (C=O) groups is 1. The van der Waals surface area contributed by atoms with E-state index < -0.39 is 5.25 Å². The zero-order valence-electron chi connectivity index (χ0n) is 12.9. The molecule has 6 nitrogen and oxygen atoms in total. The molecule has 0 unspecified atom stereocenters. The zero-order chi connectivity index (χ0) is 17.9. The fourth-order valence-electron chi connectivity index (χ4n) is 1.91. The highest BCUT2D eigenvalue weighted by Gasteiger charge is 2.21. The largest absolute Gasteiger partial charge is 0.343 e. The summed E-state index contributed by atoms with van der Waals surface area (Å²) in [6.07, 6.45) is 0.781. The molecule has 1 aromatic heterocycles. The molecule has 0 radical (unpaired) electrons. The Bertz CT molecular complexity index is 783. The highest BCUT2D eigenvalue weighted by atomic mass is 35.5. The number of hydrogen-bond acceptors (Lipinski definition) is 4. The molecule has 10 heteroatoms. The fraction of sp³-hybridized carbons (Fsp3) is 0.357. The van der Waals surface area contributed by atoms with Gasteiger partial charge in [-0.1, -0.05) is 53.5 Å². The van der Waals surface area contributed by atoms with Crippen LogP contribution in [0.25, 0.3) is 0 Å². The van der Waals surface area contributed by atoms with Gasteiger partial charge in [-0.15, -0.1) is 5.10 Å². The topological polar surface area (TPSA) is 79.8 Å². The van der Waals surface area contributed by atoms with E-state index in [1.807, 2.05) is 6.92 Å². The molecule has 0 spiro atoms. The standard InChI is InChI=1S/C14H15Cl3N4O2S/c1-3-4-21-13(23)19-20-14(21)24-7(2)12(22)18-11-9(16)5-8(15)6-10(11)17/h5-7H,3-4H2,1-2H3,(H,18,22)(H,19,23)/t7-/m0/s1. The predicted octanol–water partition coefficient (Wildman–Crippen LogP) is 4.06. The van der Waals surface area contributed by atoms with Gasteiger partial charge in [0.1, 0.15) is 0 Å². The lowest BCUT2D eigenvalue weighted by Crippen LogP contribution is -2.24. The third kappa shape index (κ3) is 4.47. The lowest BCUT2D eigenvalue weighted by atomic mass is 10.3. The first-order chi connectivity index (χ1) is 11.3. The van der Waals surface area contributed by atoms with Crippen LogP contribution >= 0.6 is 46.6 Å². The van der Waals surface area contributed by atoms with Crippen molar-refractivity contribution in [2.45, 2.75) is 37.2 Å². The van der Waals surface area contributed by atoms with E-state index in [0.29, 0.717) is 22.4 Å². The number of thioether (sulfide) groups is 1. The van der Waals surface area contributed by atoms with Crippen molar-refractivity contribution >= 4 is 58.2 Å². The summed E-state index contributed by atoms with van der Waals surface area (Å²) in [5, 5.41) is 9.84. The number of amides is 1. The Morgan fingerprint density at radius 2 is 2.00 bits per heavy atom. The molecular weight excluding hydrogens is 395 g/mol. The van der Waals surface area contributed by atoms with Crippen LogP contribution in [0.1, 0.15) is 20.3 Å². The number of nitrogens with one attached hydrogen (secondary N) is 2. The number of H-pyrrole nitrogens is 1. The summed E-state index contributed by atoms with van der Waals surface area (Å²) in [6.45, 7) is 4.18. The van der Waals surface area contributed by atoms with Crippen molar-refractivity contribution < 1.29 is 4.79 Å². The molecular formula is C14H15Cl3N4O2S. The molecule has 0 fully saturated rings. The number of anilines is 1. The van der Waals surface area contributed by atoms with E-state index in [4.69, 9.17) is 34.8 Å². The number of nitrogens with zero attached hydrogens (tertiary/aromatic N) is 2. The van der Waals surface area contributed by atoms with Crippen molar-refractivity contribution in [2.75, 3.05) is 5.32 Å². The van der Waals surface area contributed by atoms with Gasteiger partial charge in [-0.05, 0) is 25.5 Å². The van der Waals surface area contributed by atoms with Gasteiger partial charge in [0.2, 0.25) is 5.91 Å². The van der Waals surface area contributed by atoms with Crippen molar-refractivity contribution in [2.24, 2.45) is 0 Å². The van der Waals surface area contributed by atoms with Crippen LogP contribution in [0.3, 0.4) is 0 Å². The average molecular weight is 410 g/mol. The lowest BCUT2D eigenvalue weighted by Gasteiger charge is -2.14. The summed E-state index contributed by atoms with van der Waals surface area (Å²) < 4.78 is 1.50. The second-order valence-corrected chi connectivity index (χ2v) is 7.52. The number of aromatic amines is 1. The quantitative estimate of drug-likeness (QED) is 0.705. The number of carbonyl (C=O) groups excluding carboxylic acids is 1. The van der Waals surface area contributed by atoms with Crippen LogP contribution < -0.4 is 11.0 Å². The van der Waals surface area contributed by atoms with Crippen LogP contribution in [-0.2, 0) is 11.3 Å². The van der Waals surface area contributed by atoms with E-state index in [1.54, 1.807) is 6.92 Å². The predicted molar refractivity (Wildman–Crippen MR) is 98.6 cm³/mol. The van der Waals surface area contributed by atoms with E-state index in [9.17, 15) is 9.59 Å². The minimum atomic E-state index is -0.515. The Kier molecular flexibility index (Phi) is 6.62. The summed E-state index contributed by atoms with van der Waals surface area (Å²) in [5.41, 5.74) is 0.00362. The maximum absolute atomic E-state index is 12.4. The van der Waals surface area contributed by atoms with Gasteiger partial charge in [0.15, 0.2) is 5.16 Å². The molecule has 2 N–H and O–H groups in total. The second kappa shape index (κ2) is 8.29. The lowest BCUT2D eigenvalue weighted by molar-refractivity contribution is -0.115. The van der Waals surface area contributed by atoms with Crippen LogP contribution in [0.2, 0.25) is 15.1 Å². The number of halogens is 3. The van der Waals surface area contributed by atoms with Crippen LogP contribution in [0.15, 0.2) is 22.1 Å². The third-order valence-electron chi connectivity index (χ3n) is 3.08. The first kappa shape index (κ1) is 19.2. The molecule has 1 atom stereocenters. The highest BCUT2D eigenvalue weighted by Crippen LogP contribution is 2.34. The molecule has 0 saturated heterocycles. The summed E-state index contributed by atoms with van der Waals surface area (Å²) in [5.74, 6) is -0.315. The van der Waals surface area contributed by atoms with Crippen molar-refractivity contribution in [1.29, 1.82) is 0 Å². The molecule has 24 heavy (non-hydrogen) atoms. The Morgan fingerprint density at radius 1 is 1.38 bits per heavy atom. The fourth-order valence-corrected chi connectivity index (χ4v) is 3.71. The molecule has 1 amide bonds. The van der Waals surface area contributed by atoms with Crippen molar-refractivity contribution in [3.05, 3.63) is 37.7 Å². The highest BCUT2D eigenvalue weighted by molar-refractivity contribution is 8.00. The van der Waals surface area contributed by atoms with Gasteiger partial charge in [-0.2, -0.15) is 0 Å². The Labute approximate surface area is 157 Å². The minimum absolute atomic E-state index is 0.251. The Hall–Kier alpha value is -1.15. The molecule has 0 aliphatic rings. The van der Waals surface area contributed by atoms with Crippen LogP contribution in [0.5, 0.6) is 0 Å². The monoisotopic (exact) mass is 408 g/mol. The van der Waals surface area contributed by atoms with Gasteiger partial charge >= 0.3 is 5.69 Å². The van der Waals surface area contributed by atoms with Gasteiger partial charge < -0.3 is 5.32 Å². The molecule has 2 aromatic rings. The molecule has 130 valence electrons. The SMILES string of the molecule is CCCn1c(S[C@@H](C)C(=O)Nc2c(Cl)cc(Cl)cc2Cl)n[nH]c1=O. The molecule has 0 aliphatic carbocycles. The maximum Gasteiger partial charge on any atom is 0.343 e. The first-order valence-electron chi connectivity index (χ1n) is 7.10. The Balaban J connectivity index is 2.12. The third-order valence-corrected chi connectivity index (χ3v) is 4.98. The molecule has 2 rings (SSSR count). The summed E-state index contributed by atoms with van der Waals surface area (Å²) in [7, 11) is 0. The smallest absolute Gasteiger partial charge is 0.323 e. The second-order valence-electron chi connectivity index (χ2n) is 4.96. The van der Waals surface area contributed by atoms with Gasteiger partial charge in [-0.25, -0.2) is 9.89 Å². The summed E-state index contributed by atoms with van der Waals surface area (Å²) in [6, 6.07) is 2.99. The number of hydrogen-bond donors (Lipinski definition) is 2. The normalized spacial score (nSPS) is 12.2. The molecule has 0 bridgehead atoms. The van der Waals surface area contributed by atoms with Gasteiger partial charge in [0, 0.05) is 11.6 Å². The van der Waals surface area contributed by atoms with Crippen molar-refractivity contribution in [1.82, 2.24) is 14.8 Å². The van der Waals surface area contributed by atoms with Crippen LogP contribution in [0.4, 0.5) is 5.69 Å². The zero-order valence-corrected chi connectivity index (χ0v) is 16.0.